The van der Waals surface area contributed by atoms with Crippen molar-refractivity contribution in [1.29, 1.82) is 0 Å². The second-order valence-corrected chi connectivity index (χ2v) is 4.74. The van der Waals surface area contributed by atoms with Crippen LogP contribution in [0.4, 0.5) is 5.69 Å². The van der Waals surface area contributed by atoms with Crippen molar-refractivity contribution in [1.82, 2.24) is 5.32 Å². The van der Waals surface area contributed by atoms with E-state index in [4.69, 9.17) is 10.6 Å². The highest BCUT2D eigenvalue weighted by Gasteiger charge is 2.08. The minimum atomic E-state index is -0.152. The van der Waals surface area contributed by atoms with E-state index in [9.17, 15) is 4.79 Å². The molecule has 0 fully saturated rings. The first-order valence-electron chi connectivity index (χ1n) is 6.56. The number of hydrogen-bond donors (Lipinski definition) is 3. The maximum atomic E-state index is 11.9. The minimum absolute atomic E-state index is 0.152. The van der Waals surface area contributed by atoms with Gasteiger partial charge in [0.15, 0.2) is 0 Å². The van der Waals surface area contributed by atoms with E-state index in [1.54, 1.807) is 18.2 Å². The second kappa shape index (κ2) is 8.50. The van der Waals surface area contributed by atoms with E-state index < -0.39 is 0 Å². The Balaban J connectivity index is 2.28. The molecule has 0 aliphatic carbocycles. The van der Waals surface area contributed by atoms with E-state index >= 15 is 0 Å². The number of benzene rings is 1. The summed E-state index contributed by atoms with van der Waals surface area (Å²) in [6.07, 6.45) is 1.04. The van der Waals surface area contributed by atoms with Crippen LogP contribution < -0.4 is 16.6 Å². The van der Waals surface area contributed by atoms with Gasteiger partial charge in [-0.1, -0.05) is 26.0 Å². The molecule has 0 atom stereocenters. The number of anilines is 1. The third kappa shape index (κ3) is 5.72. The summed E-state index contributed by atoms with van der Waals surface area (Å²) in [5.41, 5.74) is 3.65. The summed E-state index contributed by atoms with van der Waals surface area (Å²) in [6, 6.07) is 7.11. The molecule has 0 aliphatic heterocycles. The number of carbonyl (C=O) groups excluding carboxylic acids is 1. The first-order chi connectivity index (χ1) is 9.15. The third-order valence-corrected chi connectivity index (χ3v) is 2.70. The summed E-state index contributed by atoms with van der Waals surface area (Å²) < 4.78 is 5.43. The molecule has 1 amide bonds. The molecule has 5 heteroatoms. The molecular weight excluding hydrogens is 242 g/mol. The summed E-state index contributed by atoms with van der Waals surface area (Å²) in [7, 11) is 0. The Morgan fingerprint density at radius 1 is 1.32 bits per heavy atom. The lowest BCUT2D eigenvalue weighted by Crippen LogP contribution is -2.28. The summed E-state index contributed by atoms with van der Waals surface area (Å²) in [6.45, 7) is 6.06. The molecule has 0 unspecified atom stereocenters. The van der Waals surface area contributed by atoms with Crippen molar-refractivity contribution in [2.75, 3.05) is 25.2 Å². The van der Waals surface area contributed by atoms with Crippen molar-refractivity contribution < 1.29 is 9.53 Å². The van der Waals surface area contributed by atoms with Gasteiger partial charge in [-0.2, -0.15) is 0 Å². The van der Waals surface area contributed by atoms with Crippen molar-refractivity contribution in [2.45, 2.75) is 20.3 Å². The van der Waals surface area contributed by atoms with E-state index in [2.05, 4.69) is 24.6 Å². The van der Waals surface area contributed by atoms with Gasteiger partial charge in [-0.3, -0.25) is 10.6 Å². The van der Waals surface area contributed by atoms with Crippen LogP contribution in [0, 0.1) is 5.92 Å². The number of carbonyl (C=O) groups is 1. The lowest BCUT2D eigenvalue weighted by molar-refractivity contribution is 0.0906. The van der Waals surface area contributed by atoms with Crippen molar-refractivity contribution in [3.8, 4) is 0 Å². The quantitative estimate of drug-likeness (QED) is 0.380. The molecule has 1 rings (SSSR count). The predicted octanol–water partition coefficient (Wildman–Crippen LogP) is 1.76. The number of nitrogen functional groups attached to an aromatic ring is 1. The largest absolute Gasteiger partial charge is 0.380 e. The molecule has 1 aromatic carbocycles. The lowest BCUT2D eigenvalue weighted by Gasteiger charge is -2.10. The van der Waals surface area contributed by atoms with Crippen molar-refractivity contribution in [2.24, 2.45) is 11.8 Å². The third-order valence-electron chi connectivity index (χ3n) is 2.70. The first kappa shape index (κ1) is 15.5. The van der Waals surface area contributed by atoms with Crippen molar-refractivity contribution in [3.63, 3.8) is 0 Å². The van der Waals surface area contributed by atoms with Crippen LogP contribution in [0.2, 0.25) is 0 Å². The standard InChI is InChI=1S/C14H23N3O2/c1-11(2)7-9-19-10-8-16-14(18)12-5-3-4-6-13(12)17-15/h3-6,11,17H,7-10,15H2,1-2H3,(H,16,18). The summed E-state index contributed by atoms with van der Waals surface area (Å²) in [5.74, 6) is 5.84. The van der Waals surface area contributed by atoms with Gasteiger partial charge in [-0.15, -0.1) is 0 Å². The van der Waals surface area contributed by atoms with E-state index in [1.807, 2.05) is 6.07 Å². The van der Waals surface area contributed by atoms with Crippen LogP contribution in [0.1, 0.15) is 30.6 Å². The van der Waals surface area contributed by atoms with Gasteiger partial charge in [0, 0.05) is 13.2 Å². The molecule has 0 saturated heterocycles. The normalized spacial score (nSPS) is 10.5. The Labute approximate surface area is 114 Å². The zero-order valence-corrected chi connectivity index (χ0v) is 11.6. The average Bonchev–Trinajstić information content (AvgIpc) is 2.42. The number of amides is 1. The van der Waals surface area contributed by atoms with Crippen LogP contribution in [0.15, 0.2) is 24.3 Å². The van der Waals surface area contributed by atoms with Crippen LogP contribution in [-0.4, -0.2) is 25.7 Å². The zero-order valence-electron chi connectivity index (χ0n) is 11.6. The summed E-state index contributed by atoms with van der Waals surface area (Å²) >= 11 is 0. The highest BCUT2D eigenvalue weighted by Crippen LogP contribution is 2.12. The molecule has 0 heterocycles. The number of nitrogens with one attached hydrogen (secondary N) is 2. The minimum Gasteiger partial charge on any atom is -0.380 e. The SMILES string of the molecule is CC(C)CCOCCNC(=O)c1ccccc1NN. The van der Waals surface area contributed by atoms with Gasteiger partial charge >= 0.3 is 0 Å². The van der Waals surface area contributed by atoms with Gasteiger partial charge < -0.3 is 15.5 Å². The first-order valence-corrected chi connectivity index (χ1v) is 6.56. The number of ether oxygens (including phenoxy) is 1. The van der Waals surface area contributed by atoms with Gasteiger partial charge in [0.25, 0.3) is 5.91 Å². The molecule has 19 heavy (non-hydrogen) atoms. The van der Waals surface area contributed by atoms with E-state index in [-0.39, 0.29) is 5.91 Å². The molecule has 0 spiro atoms. The summed E-state index contributed by atoms with van der Waals surface area (Å²) in [4.78, 5) is 11.9. The average molecular weight is 265 g/mol. The van der Waals surface area contributed by atoms with Gasteiger partial charge in [0.2, 0.25) is 0 Å². The van der Waals surface area contributed by atoms with Crippen LogP contribution in [0.3, 0.4) is 0 Å². The molecule has 0 bridgehead atoms. The number of nitrogens with two attached hydrogens (primary N) is 1. The van der Waals surface area contributed by atoms with E-state index in [0.29, 0.717) is 30.3 Å². The Morgan fingerprint density at radius 3 is 2.74 bits per heavy atom. The molecule has 0 aromatic heterocycles. The highest BCUT2D eigenvalue weighted by atomic mass is 16.5. The van der Waals surface area contributed by atoms with Crippen LogP contribution >= 0.6 is 0 Å². The fourth-order valence-electron chi connectivity index (χ4n) is 1.56. The van der Waals surface area contributed by atoms with Crippen LogP contribution in [0.5, 0.6) is 0 Å². The maximum Gasteiger partial charge on any atom is 0.253 e. The van der Waals surface area contributed by atoms with Gasteiger partial charge in [0.1, 0.15) is 0 Å². The fourth-order valence-corrected chi connectivity index (χ4v) is 1.56. The van der Waals surface area contributed by atoms with Crippen molar-refractivity contribution in [3.05, 3.63) is 29.8 Å². The Bertz CT molecular complexity index is 394. The monoisotopic (exact) mass is 265 g/mol. The fraction of sp³-hybridized carbons (Fsp3) is 0.500. The zero-order chi connectivity index (χ0) is 14.1. The predicted molar refractivity (Wildman–Crippen MR) is 76.9 cm³/mol. The molecule has 1 aromatic rings. The maximum absolute atomic E-state index is 11.9. The lowest BCUT2D eigenvalue weighted by atomic mass is 10.1. The number of para-hydroxylation sites is 1. The van der Waals surface area contributed by atoms with Gasteiger partial charge in [-0.25, -0.2) is 0 Å². The van der Waals surface area contributed by atoms with Crippen molar-refractivity contribution >= 4 is 11.6 Å². The smallest absolute Gasteiger partial charge is 0.253 e. The molecule has 0 aliphatic rings. The second-order valence-electron chi connectivity index (χ2n) is 4.74. The van der Waals surface area contributed by atoms with Gasteiger partial charge in [0.05, 0.1) is 17.9 Å². The Morgan fingerprint density at radius 2 is 2.05 bits per heavy atom. The summed E-state index contributed by atoms with van der Waals surface area (Å²) in [5, 5.41) is 2.80. The molecule has 0 radical (unpaired) electrons. The van der Waals surface area contributed by atoms with Crippen LogP contribution in [-0.2, 0) is 4.74 Å². The topological polar surface area (TPSA) is 76.4 Å². The molecule has 5 nitrogen and oxygen atoms in total. The van der Waals surface area contributed by atoms with Crippen LogP contribution in [0.25, 0.3) is 0 Å². The highest BCUT2D eigenvalue weighted by molar-refractivity contribution is 5.99. The molecule has 4 N–H and O–H groups in total. The molecule has 0 saturated carbocycles. The number of hydrazine groups is 1. The molecular formula is C14H23N3O2. The van der Waals surface area contributed by atoms with Gasteiger partial charge in [-0.05, 0) is 24.5 Å². The molecule has 106 valence electrons. The Hall–Kier alpha value is -1.59. The number of hydrogen-bond acceptors (Lipinski definition) is 4. The van der Waals surface area contributed by atoms with E-state index in [0.717, 1.165) is 13.0 Å². The Kier molecular flexibility index (Phi) is 6.92. The van der Waals surface area contributed by atoms with E-state index in [1.165, 1.54) is 0 Å². The number of rotatable bonds is 8.